The number of fused-ring (bicyclic) bond motifs is 6. The minimum Gasteiger partial charge on any atom is -0.456 e. The molecule has 340 valence electrons. The molecular weight excluding hydrogens is 820 g/mol. The maximum absolute atomic E-state index is 13.6. The van der Waals surface area contributed by atoms with E-state index in [9.17, 15) is 19.2 Å². The average molecular weight is 885 g/mol. The smallest absolute Gasteiger partial charge is 0.340 e. The molecule has 0 saturated carbocycles. The van der Waals surface area contributed by atoms with Crippen LogP contribution in [0.5, 0.6) is 17.2 Å². The molecule has 3 aromatic carbocycles. The Bertz CT molecular complexity index is 2160. The lowest BCUT2D eigenvalue weighted by molar-refractivity contribution is -0.143. The summed E-state index contributed by atoms with van der Waals surface area (Å²) in [4.78, 5) is 53.1. The highest BCUT2D eigenvalue weighted by Gasteiger charge is 2.54. The summed E-state index contributed by atoms with van der Waals surface area (Å²) < 4.78 is 39.0. The lowest BCUT2D eigenvalue weighted by atomic mass is 9.76. The fourth-order valence-corrected chi connectivity index (χ4v) is 9.38. The number of carbonyl (C=O) groups excluding carboxylic acids is 4. The van der Waals surface area contributed by atoms with Crippen molar-refractivity contribution in [2.75, 3.05) is 13.2 Å². The van der Waals surface area contributed by atoms with Crippen molar-refractivity contribution in [3.8, 4) is 23.3 Å². The van der Waals surface area contributed by atoms with Gasteiger partial charge in [-0.25, -0.2) is 14.3 Å². The second-order valence-electron chi connectivity index (χ2n) is 18.8. The molecule has 0 fully saturated rings. The first-order valence-corrected chi connectivity index (χ1v) is 23.4. The monoisotopic (exact) mass is 884 g/mol. The molecule has 0 bridgehead atoms. The summed E-state index contributed by atoms with van der Waals surface area (Å²) in [5.41, 5.74) is 0.179. The van der Waals surface area contributed by atoms with Gasteiger partial charge in [-0.3, -0.25) is 9.59 Å². The zero-order valence-corrected chi connectivity index (χ0v) is 39.7. The Morgan fingerprint density at radius 2 is 1.44 bits per heavy atom. The number of benzene rings is 3. The Balaban J connectivity index is 1.27. The summed E-state index contributed by atoms with van der Waals surface area (Å²) in [5, 5.41) is 8.96. The van der Waals surface area contributed by atoms with Crippen molar-refractivity contribution in [2.24, 2.45) is 5.41 Å². The molecule has 0 saturated heterocycles. The molecule has 2 heterocycles. The summed E-state index contributed by atoms with van der Waals surface area (Å²) in [5.74, 6) is -0.325. The van der Waals surface area contributed by atoms with Crippen LogP contribution >= 0.6 is 8.53 Å². The number of nitriles is 1. The Morgan fingerprint density at radius 3 is 2.11 bits per heavy atom. The van der Waals surface area contributed by atoms with E-state index in [2.05, 4.69) is 38.4 Å². The third-order valence-electron chi connectivity index (χ3n) is 10.7. The first-order chi connectivity index (χ1) is 29.8. The van der Waals surface area contributed by atoms with Gasteiger partial charge < -0.3 is 28.0 Å². The predicted molar refractivity (Wildman–Crippen MR) is 242 cm³/mol. The normalized spacial score (nSPS) is 16.0. The lowest BCUT2D eigenvalue weighted by Crippen LogP contribution is -2.33. The van der Waals surface area contributed by atoms with Crippen LogP contribution in [-0.2, 0) is 40.1 Å². The standard InChI is InChI=1S/C50H65N2O10P/c1-33(2)52(34(3)4)63(58-29-19-27-51)57-28-18-12-11-13-21-37(53)22-15-14-20-35-30-41-44(32-42(35)60-47(56)48(5,6)7)59-43-31-36(45(54)61-49(8,9)10)25-26-40(43)50(41)39-24-17-16-23-38(39)46(55)62-50/h16-17,23-26,30-34H,11-15,18-22,28-29H2,1-10H3. The van der Waals surface area contributed by atoms with Crippen LogP contribution < -0.4 is 9.47 Å². The molecule has 0 aliphatic carbocycles. The van der Waals surface area contributed by atoms with E-state index in [1.54, 1.807) is 77.9 Å². The highest BCUT2D eigenvalue weighted by atomic mass is 31.2. The maximum Gasteiger partial charge on any atom is 0.340 e. The number of esters is 3. The van der Waals surface area contributed by atoms with E-state index >= 15 is 0 Å². The maximum atomic E-state index is 13.6. The predicted octanol–water partition coefficient (Wildman–Crippen LogP) is 11.7. The number of Topliss-reactive ketones (excluding diaryl/α,β-unsaturated/α-hetero) is 1. The number of carbonyl (C=O) groups is 4. The van der Waals surface area contributed by atoms with E-state index in [0.29, 0.717) is 96.8 Å². The molecule has 2 aliphatic heterocycles. The molecule has 3 aromatic rings. The molecule has 2 unspecified atom stereocenters. The third-order valence-corrected chi connectivity index (χ3v) is 12.8. The molecule has 0 N–H and O–H groups in total. The van der Waals surface area contributed by atoms with Crippen molar-refractivity contribution in [3.05, 3.63) is 88.0 Å². The highest BCUT2D eigenvalue weighted by Crippen LogP contribution is 2.57. The number of ketones is 1. The summed E-state index contributed by atoms with van der Waals surface area (Å²) >= 11 is 0. The Labute approximate surface area is 374 Å². The van der Waals surface area contributed by atoms with Gasteiger partial charge in [0.15, 0.2) is 5.60 Å². The van der Waals surface area contributed by atoms with Crippen molar-refractivity contribution in [1.29, 1.82) is 5.26 Å². The van der Waals surface area contributed by atoms with Gasteiger partial charge in [0.05, 0.1) is 42.2 Å². The van der Waals surface area contributed by atoms with Gasteiger partial charge >= 0.3 is 17.9 Å². The number of rotatable bonds is 21. The molecule has 2 atom stereocenters. The summed E-state index contributed by atoms with van der Waals surface area (Å²) in [6, 6.07) is 18.3. The zero-order valence-electron chi connectivity index (χ0n) is 38.8. The van der Waals surface area contributed by atoms with Gasteiger partial charge in [-0.15, -0.1) is 0 Å². The zero-order chi connectivity index (χ0) is 46.1. The van der Waals surface area contributed by atoms with Crippen LogP contribution in [0.3, 0.4) is 0 Å². The molecule has 12 nitrogen and oxygen atoms in total. The topological polar surface area (TPSA) is 151 Å². The van der Waals surface area contributed by atoms with Crippen molar-refractivity contribution in [2.45, 2.75) is 157 Å². The third kappa shape index (κ3) is 12.3. The second kappa shape index (κ2) is 21.3. The van der Waals surface area contributed by atoms with Crippen LogP contribution in [0, 0.1) is 16.7 Å². The van der Waals surface area contributed by atoms with Crippen LogP contribution in [0.1, 0.15) is 170 Å². The molecule has 13 heteroatoms. The van der Waals surface area contributed by atoms with Gasteiger partial charge in [-0.2, -0.15) is 5.26 Å². The fourth-order valence-electron chi connectivity index (χ4n) is 7.75. The van der Waals surface area contributed by atoms with E-state index in [1.807, 2.05) is 18.2 Å². The number of nitrogens with zero attached hydrogens (tertiary/aromatic N) is 2. The van der Waals surface area contributed by atoms with Gasteiger partial charge in [0.25, 0.3) is 8.53 Å². The molecule has 63 heavy (non-hydrogen) atoms. The summed E-state index contributed by atoms with van der Waals surface area (Å²) in [6.07, 6.45) is 6.55. The van der Waals surface area contributed by atoms with Gasteiger partial charge in [0, 0.05) is 47.7 Å². The summed E-state index contributed by atoms with van der Waals surface area (Å²) in [6.45, 7) is 20.1. The first-order valence-electron chi connectivity index (χ1n) is 22.3. The molecule has 0 amide bonds. The van der Waals surface area contributed by atoms with Gasteiger partial charge in [-0.05, 0) is 137 Å². The Morgan fingerprint density at radius 1 is 0.794 bits per heavy atom. The van der Waals surface area contributed by atoms with E-state index < -0.39 is 43.1 Å². The Kier molecular flexibility index (Phi) is 16.7. The Hall–Kier alpha value is -4.66. The first kappa shape index (κ1) is 49.4. The molecule has 5 rings (SSSR count). The average Bonchev–Trinajstić information content (AvgIpc) is 3.49. The number of ether oxygens (including phenoxy) is 4. The van der Waals surface area contributed by atoms with Gasteiger partial charge in [0.1, 0.15) is 28.6 Å². The van der Waals surface area contributed by atoms with Crippen LogP contribution in [-0.4, -0.2) is 59.3 Å². The van der Waals surface area contributed by atoms with E-state index in [0.717, 1.165) is 25.7 Å². The molecule has 1 spiro atoms. The molecule has 2 aliphatic rings. The highest BCUT2D eigenvalue weighted by molar-refractivity contribution is 7.44. The van der Waals surface area contributed by atoms with E-state index in [1.165, 1.54) is 0 Å². The molecular formula is C50H65N2O10P. The summed E-state index contributed by atoms with van der Waals surface area (Å²) in [7, 11) is -1.26. The van der Waals surface area contributed by atoms with Gasteiger partial charge in [0.2, 0.25) is 0 Å². The van der Waals surface area contributed by atoms with E-state index in [4.69, 9.17) is 33.3 Å². The SMILES string of the molecule is CC(C)N(C(C)C)P(OCCC#N)OCCCCCCC(=O)CCCCc1cc2c(cc1OC(=O)C(C)(C)C)Oc1cc(C(=O)OC(C)(C)C)ccc1C21OC(=O)c2ccccc21. The van der Waals surface area contributed by atoms with Crippen LogP contribution in [0.2, 0.25) is 0 Å². The number of aryl methyl sites for hydroxylation is 1. The van der Waals surface area contributed by atoms with Crippen LogP contribution in [0.4, 0.5) is 0 Å². The van der Waals surface area contributed by atoms with Gasteiger partial charge in [-0.1, -0.05) is 31.0 Å². The minimum atomic E-state index is -1.41. The van der Waals surface area contributed by atoms with Crippen molar-refractivity contribution >= 4 is 32.2 Å². The number of hydrogen-bond acceptors (Lipinski definition) is 12. The van der Waals surface area contributed by atoms with Crippen molar-refractivity contribution in [1.82, 2.24) is 4.67 Å². The molecule has 0 aromatic heterocycles. The van der Waals surface area contributed by atoms with Crippen LogP contribution in [0.15, 0.2) is 54.6 Å². The second-order valence-corrected chi connectivity index (χ2v) is 20.3. The fraction of sp³-hybridized carbons (Fsp3) is 0.540. The quantitative estimate of drug-likeness (QED) is 0.0433. The lowest BCUT2D eigenvalue weighted by Gasteiger charge is -2.37. The van der Waals surface area contributed by atoms with Crippen LogP contribution in [0.25, 0.3) is 0 Å². The van der Waals surface area contributed by atoms with Crippen molar-refractivity contribution < 1.29 is 47.2 Å². The largest absolute Gasteiger partial charge is 0.456 e. The molecule has 0 radical (unpaired) electrons. The number of hydrogen-bond donors (Lipinski definition) is 0. The minimum absolute atomic E-state index is 0.208. The van der Waals surface area contributed by atoms with E-state index in [-0.39, 0.29) is 23.4 Å². The number of unbranched alkanes of at least 4 members (excludes halogenated alkanes) is 4. The van der Waals surface area contributed by atoms with Crippen molar-refractivity contribution in [3.63, 3.8) is 0 Å².